The predicted molar refractivity (Wildman–Crippen MR) is 71.5 cm³/mol. The minimum Gasteiger partial charge on any atom is -0.347 e. The van der Waals surface area contributed by atoms with Crippen molar-refractivity contribution in [3.05, 3.63) is 47.0 Å². The molecular formula is C11H12BrN3O2S. The van der Waals surface area contributed by atoms with Crippen molar-refractivity contribution in [1.82, 2.24) is 14.7 Å². The van der Waals surface area contributed by atoms with Crippen LogP contribution in [-0.4, -0.2) is 18.4 Å². The lowest BCUT2D eigenvalue weighted by atomic mass is 10.3. The number of aromatic amines is 1. The maximum atomic E-state index is 12.1. The first-order chi connectivity index (χ1) is 8.49. The van der Waals surface area contributed by atoms with Gasteiger partial charge in [-0.2, -0.15) is 0 Å². The Bertz CT molecular complexity index is 625. The third-order valence-corrected chi connectivity index (χ3v) is 4.40. The normalized spacial score (nSPS) is 13.4. The molecule has 7 heteroatoms. The second-order valence-electron chi connectivity index (χ2n) is 3.77. The van der Waals surface area contributed by atoms with Crippen LogP contribution >= 0.6 is 15.9 Å². The van der Waals surface area contributed by atoms with Crippen molar-refractivity contribution in [1.29, 1.82) is 0 Å². The van der Waals surface area contributed by atoms with Crippen LogP contribution in [0.5, 0.6) is 0 Å². The molecule has 0 aliphatic carbocycles. The van der Waals surface area contributed by atoms with Crippen LogP contribution in [0.15, 0.2) is 46.0 Å². The van der Waals surface area contributed by atoms with Crippen molar-refractivity contribution in [3.63, 3.8) is 0 Å². The SMILES string of the molecule is CC(NS(=O)(=O)c1cccc(Br)c1)c1ncc[nH]1. The van der Waals surface area contributed by atoms with E-state index in [0.29, 0.717) is 5.82 Å². The highest BCUT2D eigenvalue weighted by molar-refractivity contribution is 9.10. The van der Waals surface area contributed by atoms with E-state index in [9.17, 15) is 8.42 Å². The molecule has 1 aromatic heterocycles. The molecule has 0 saturated carbocycles. The van der Waals surface area contributed by atoms with Crippen LogP contribution in [0, 0.1) is 0 Å². The summed E-state index contributed by atoms with van der Waals surface area (Å²) < 4.78 is 27.5. The van der Waals surface area contributed by atoms with Crippen molar-refractivity contribution in [2.24, 2.45) is 0 Å². The van der Waals surface area contributed by atoms with Gasteiger partial charge in [0.25, 0.3) is 0 Å². The minimum absolute atomic E-state index is 0.218. The molecule has 0 fully saturated rings. The van der Waals surface area contributed by atoms with E-state index in [-0.39, 0.29) is 4.90 Å². The fourth-order valence-corrected chi connectivity index (χ4v) is 3.31. The van der Waals surface area contributed by atoms with Crippen molar-refractivity contribution >= 4 is 26.0 Å². The summed E-state index contributed by atoms with van der Waals surface area (Å²) in [5, 5.41) is 0. The molecule has 2 N–H and O–H groups in total. The molecular weight excluding hydrogens is 318 g/mol. The summed E-state index contributed by atoms with van der Waals surface area (Å²) >= 11 is 3.25. The maximum absolute atomic E-state index is 12.1. The van der Waals surface area contributed by atoms with E-state index in [1.54, 1.807) is 43.6 Å². The first-order valence-electron chi connectivity index (χ1n) is 5.26. The van der Waals surface area contributed by atoms with Gasteiger partial charge in [0.1, 0.15) is 5.82 Å². The van der Waals surface area contributed by atoms with Crippen LogP contribution in [0.25, 0.3) is 0 Å². The second-order valence-corrected chi connectivity index (χ2v) is 6.40. The molecule has 1 heterocycles. The summed E-state index contributed by atoms with van der Waals surface area (Å²) in [6, 6.07) is 6.13. The Morgan fingerprint density at radius 3 is 2.83 bits per heavy atom. The van der Waals surface area contributed by atoms with Gasteiger partial charge in [-0.15, -0.1) is 0 Å². The van der Waals surface area contributed by atoms with Gasteiger partial charge in [-0.25, -0.2) is 18.1 Å². The highest BCUT2D eigenvalue weighted by Crippen LogP contribution is 2.18. The molecule has 0 bridgehead atoms. The molecule has 0 aliphatic rings. The Kier molecular flexibility index (Phi) is 3.84. The van der Waals surface area contributed by atoms with E-state index in [2.05, 4.69) is 30.6 Å². The molecule has 0 radical (unpaired) electrons. The molecule has 0 spiro atoms. The fraction of sp³-hybridized carbons (Fsp3) is 0.182. The van der Waals surface area contributed by atoms with E-state index >= 15 is 0 Å². The summed E-state index contributed by atoms with van der Waals surface area (Å²) in [6.45, 7) is 1.73. The lowest BCUT2D eigenvalue weighted by molar-refractivity contribution is 0.561. The number of rotatable bonds is 4. The molecule has 2 rings (SSSR count). The lowest BCUT2D eigenvalue weighted by Crippen LogP contribution is -2.27. The van der Waals surface area contributed by atoms with E-state index in [1.807, 2.05) is 0 Å². The zero-order chi connectivity index (χ0) is 13.2. The van der Waals surface area contributed by atoms with Crippen LogP contribution in [0.1, 0.15) is 18.8 Å². The molecule has 0 aliphatic heterocycles. The van der Waals surface area contributed by atoms with Gasteiger partial charge >= 0.3 is 0 Å². The van der Waals surface area contributed by atoms with Gasteiger partial charge in [0, 0.05) is 16.9 Å². The zero-order valence-electron chi connectivity index (χ0n) is 9.59. The summed E-state index contributed by atoms with van der Waals surface area (Å²) in [6.07, 6.45) is 3.23. The Balaban J connectivity index is 2.22. The van der Waals surface area contributed by atoms with Crippen LogP contribution in [-0.2, 0) is 10.0 Å². The number of H-pyrrole nitrogens is 1. The average molecular weight is 330 g/mol. The molecule has 1 aromatic carbocycles. The van der Waals surface area contributed by atoms with Gasteiger partial charge in [0.15, 0.2) is 0 Å². The monoisotopic (exact) mass is 329 g/mol. The van der Waals surface area contributed by atoms with Gasteiger partial charge in [0.05, 0.1) is 10.9 Å². The number of hydrogen-bond acceptors (Lipinski definition) is 3. The molecule has 1 unspecified atom stereocenters. The summed E-state index contributed by atoms with van der Waals surface area (Å²) in [4.78, 5) is 7.11. The lowest BCUT2D eigenvalue weighted by Gasteiger charge is -2.12. The number of halogens is 1. The minimum atomic E-state index is -3.55. The van der Waals surface area contributed by atoms with Crippen molar-refractivity contribution in [3.8, 4) is 0 Å². The number of sulfonamides is 1. The summed E-state index contributed by atoms with van der Waals surface area (Å²) in [5.41, 5.74) is 0. The van der Waals surface area contributed by atoms with Crippen molar-refractivity contribution < 1.29 is 8.42 Å². The number of benzene rings is 1. The highest BCUT2D eigenvalue weighted by atomic mass is 79.9. The van der Waals surface area contributed by atoms with E-state index in [1.165, 1.54) is 0 Å². The summed E-state index contributed by atoms with van der Waals surface area (Å²) in [5.74, 6) is 0.577. The second kappa shape index (κ2) is 5.21. The third kappa shape index (κ3) is 2.98. The molecule has 0 amide bonds. The smallest absolute Gasteiger partial charge is 0.241 e. The van der Waals surface area contributed by atoms with Gasteiger partial charge in [-0.3, -0.25) is 0 Å². The van der Waals surface area contributed by atoms with Crippen molar-refractivity contribution in [2.75, 3.05) is 0 Å². The van der Waals surface area contributed by atoms with Crippen LogP contribution in [0.2, 0.25) is 0 Å². The van der Waals surface area contributed by atoms with Crippen LogP contribution in [0.3, 0.4) is 0 Å². The van der Waals surface area contributed by atoms with Crippen LogP contribution < -0.4 is 4.72 Å². The average Bonchev–Trinajstić information content (AvgIpc) is 2.82. The van der Waals surface area contributed by atoms with Crippen LogP contribution in [0.4, 0.5) is 0 Å². The van der Waals surface area contributed by atoms with E-state index in [4.69, 9.17) is 0 Å². The maximum Gasteiger partial charge on any atom is 0.241 e. The standard InChI is InChI=1S/C11H12BrN3O2S/c1-8(11-13-5-6-14-11)15-18(16,17)10-4-2-3-9(12)7-10/h2-8,15H,1H3,(H,13,14). The predicted octanol–water partition coefficient (Wildman–Crippen LogP) is 2.21. The van der Waals surface area contributed by atoms with Gasteiger partial charge in [-0.05, 0) is 25.1 Å². The number of imidazole rings is 1. The van der Waals surface area contributed by atoms with E-state index in [0.717, 1.165) is 4.47 Å². The zero-order valence-corrected chi connectivity index (χ0v) is 12.0. The fourth-order valence-electron chi connectivity index (χ4n) is 1.51. The van der Waals surface area contributed by atoms with E-state index < -0.39 is 16.1 Å². The molecule has 5 nitrogen and oxygen atoms in total. The third-order valence-electron chi connectivity index (χ3n) is 2.37. The first kappa shape index (κ1) is 13.3. The number of hydrogen-bond donors (Lipinski definition) is 2. The Morgan fingerprint density at radius 1 is 1.44 bits per heavy atom. The molecule has 18 heavy (non-hydrogen) atoms. The molecule has 0 saturated heterocycles. The molecule has 96 valence electrons. The molecule has 1 atom stereocenters. The number of aromatic nitrogens is 2. The first-order valence-corrected chi connectivity index (χ1v) is 7.54. The Labute approximate surface area is 114 Å². The van der Waals surface area contributed by atoms with Gasteiger partial charge < -0.3 is 4.98 Å². The van der Waals surface area contributed by atoms with Gasteiger partial charge in [-0.1, -0.05) is 22.0 Å². The topological polar surface area (TPSA) is 74.8 Å². The Morgan fingerprint density at radius 2 is 2.22 bits per heavy atom. The molecule has 2 aromatic rings. The Hall–Kier alpha value is -1.18. The van der Waals surface area contributed by atoms with Gasteiger partial charge in [0.2, 0.25) is 10.0 Å². The highest BCUT2D eigenvalue weighted by Gasteiger charge is 2.19. The quantitative estimate of drug-likeness (QED) is 0.903. The summed E-state index contributed by atoms with van der Waals surface area (Å²) in [7, 11) is -3.55. The number of nitrogens with zero attached hydrogens (tertiary/aromatic N) is 1. The largest absolute Gasteiger partial charge is 0.347 e. The number of nitrogens with one attached hydrogen (secondary N) is 2. The van der Waals surface area contributed by atoms with Crippen molar-refractivity contribution in [2.45, 2.75) is 17.9 Å².